The molecule has 1 aliphatic rings. The summed E-state index contributed by atoms with van der Waals surface area (Å²) in [5, 5.41) is 3.78. The molecule has 1 aromatic rings. The largest absolute Gasteiger partial charge is 0.310 e. The summed E-state index contributed by atoms with van der Waals surface area (Å²) < 4.78 is 2.58. The molecule has 0 bridgehead atoms. The lowest BCUT2D eigenvalue weighted by Crippen LogP contribution is -2.35. The van der Waals surface area contributed by atoms with E-state index in [0.717, 1.165) is 18.4 Å². The van der Waals surface area contributed by atoms with Gasteiger partial charge in [-0.05, 0) is 71.2 Å². The Morgan fingerprint density at radius 3 is 2.75 bits per heavy atom. The SMILES string of the molecule is CCNC(c1cc(Br)ccc1I)C1CCCCC1CC. The highest BCUT2D eigenvalue weighted by Gasteiger charge is 2.32. The Morgan fingerprint density at radius 1 is 1.30 bits per heavy atom. The fraction of sp³-hybridized carbons (Fsp3) is 0.647. The first-order chi connectivity index (χ1) is 9.67. The molecule has 1 N–H and O–H groups in total. The van der Waals surface area contributed by atoms with Crippen molar-refractivity contribution in [3.63, 3.8) is 0 Å². The molecule has 0 radical (unpaired) electrons. The number of benzene rings is 1. The van der Waals surface area contributed by atoms with Crippen LogP contribution in [0.4, 0.5) is 0 Å². The second-order valence-corrected chi connectivity index (χ2v) is 7.90. The molecule has 0 amide bonds. The zero-order valence-corrected chi connectivity index (χ0v) is 16.2. The fourth-order valence-corrected chi connectivity index (χ4v) is 4.70. The van der Waals surface area contributed by atoms with Crippen molar-refractivity contribution < 1.29 is 0 Å². The summed E-state index contributed by atoms with van der Waals surface area (Å²) in [5.41, 5.74) is 1.48. The van der Waals surface area contributed by atoms with Gasteiger partial charge in [-0.15, -0.1) is 0 Å². The van der Waals surface area contributed by atoms with Crippen molar-refractivity contribution in [2.75, 3.05) is 6.54 Å². The smallest absolute Gasteiger partial charge is 0.0362 e. The van der Waals surface area contributed by atoms with Gasteiger partial charge in [0.1, 0.15) is 0 Å². The highest BCUT2D eigenvalue weighted by molar-refractivity contribution is 14.1. The molecule has 3 atom stereocenters. The van der Waals surface area contributed by atoms with E-state index in [-0.39, 0.29) is 0 Å². The highest BCUT2D eigenvalue weighted by Crippen LogP contribution is 2.41. The van der Waals surface area contributed by atoms with Crippen molar-refractivity contribution in [1.29, 1.82) is 0 Å². The highest BCUT2D eigenvalue weighted by atomic mass is 127. The lowest BCUT2D eigenvalue weighted by molar-refractivity contribution is 0.176. The lowest BCUT2D eigenvalue weighted by atomic mass is 9.72. The van der Waals surface area contributed by atoms with Gasteiger partial charge in [-0.2, -0.15) is 0 Å². The fourth-order valence-electron chi connectivity index (χ4n) is 3.65. The predicted molar refractivity (Wildman–Crippen MR) is 99.0 cm³/mol. The Hall–Kier alpha value is 0.390. The third kappa shape index (κ3) is 3.98. The molecule has 0 heterocycles. The molecule has 1 aliphatic carbocycles. The zero-order chi connectivity index (χ0) is 14.5. The van der Waals surface area contributed by atoms with Crippen molar-refractivity contribution >= 4 is 38.5 Å². The Balaban J connectivity index is 2.31. The quantitative estimate of drug-likeness (QED) is 0.550. The summed E-state index contributed by atoms with van der Waals surface area (Å²) in [6.45, 7) is 5.62. The summed E-state index contributed by atoms with van der Waals surface area (Å²) in [6.07, 6.45) is 6.92. The Bertz CT molecular complexity index is 435. The number of halogens is 2. The Labute approximate surface area is 145 Å². The van der Waals surface area contributed by atoms with Crippen LogP contribution in [0.5, 0.6) is 0 Å². The predicted octanol–water partition coefficient (Wildman–Crippen LogP) is 5.92. The maximum atomic E-state index is 3.78. The molecule has 0 aliphatic heterocycles. The average molecular weight is 450 g/mol. The molecule has 2 rings (SSSR count). The molecule has 1 aromatic carbocycles. The van der Waals surface area contributed by atoms with Crippen LogP contribution in [0, 0.1) is 15.4 Å². The van der Waals surface area contributed by atoms with Crippen LogP contribution < -0.4 is 5.32 Å². The van der Waals surface area contributed by atoms with Gasteiger partial charge in [0, 0.05) is 14.1 Å². The van der Waals surface area contributed by atoms with E-state index in [1.165, 1.54) is 45.7 Å². The first-order valence-electron chi connectivity index (χ1n) is 7.85. The van der Waals surface area contributed by atoms with E-state index >= 15 is 0 Å². The summed E-state index contributed by atoms with van der Waals surface area (Å²) in [7, 11) is 0. The molecule has 0 spiro atoms. The summed E-state index contributed by atoms with van der Waals surface area (Å²) in [6, 6.07) is 7.20. The zero-order valence-electron chi connectivity index (χ0n) is 12.5. The van der Waals surface area contributed by atoms with Gasteiger partial charge in [-0.25, -0.2) is 0 Å². The third-order valence-electron chi connectivity index (χ3n) is 4.64. The van der Waals surface area contributed by atoms with Crippen molar-refractivity contribution in [2.24, 2.45) is 11.8 Å². The molecule has 20 heavy (non-hydrogen) atoms. The van der Waals surface area contributed by atoms with Gasteiger partial charge >= 0.3 is 0 Å². The molecule has 0 aromatic heterocycles. The van der Waals surface area contributed by atoms with E-state index in [0.29, 0.717) is 6.04 Å². The van der Waals surface area contributed by atoms with E-state index in [1.807, 2.05) is 0 Å². The average Bonchev–Trinajstić information content (AvgIpc) is 2.47. The second-order valence-electron chi connectivity index (χ2n) is 5.82. The molecule has 1 saturated carbocycles. The van der Waals surface area contributed by atoms with Crippen LogP contribution in [0.15, 0.2) is 22.7 Å². The standard InChI is InChI=1S/C17H25BrIN/c1-3-12-7-5-6-8-14(12)17(20-4-2)15-11-13(18)9-10-16(15)19/h9-12,14,17,20H,3-8H2,1-2H3. The monoisotopic (exact) mass is 449 g/mol. The lowest BCUT2D eigenvalue weighted by Gasteiger charge is -2.38. The van der Waals surface area contributed by atoms with Crippen LogP contribution in [-0.4, -0.2) is 6.54 Å². The first-order valence-corrected chi connectivity index (χ1v) is 9.72. The topological polar surface area (TPSA) is 12.0 Å². The maximum absolute atomic E-state index is 3.78. The van der Waals surface area contributed by atoms with Gasteiger partial charge in [-0.1, -0.05) is 55.5 Å². The van der Waals surface area contributed by atoms with E-state index in [9.17, 15) is 0 Å². The van der Waals surface area contributed by atoms with E-state index < -0.39 is 0 Å². The minimum absolute atomic E-state index is 0.509. The summed E-state index contributed by atoms with van der Waals surface area (Å²) in [4.78, 5) is 0. The van der Waals surface area contributed by atoms with Gasteiger partial charge in [0.15, 0.2) is 0 Å². The molecule has 1 fully saturated rings. The Morgan fingerprint density at radius 2 is 2.05 bits per heavy atom. The van der Waals surface area contributed by atoms with E-state index in [2.05, 4.69) is 75.9 Å². The second kappa shape index (κ2) is 8.14. The molecular weight excluding hydrogens is 425 g/mol. The van der Waals surface area contributed by atoms with Crippen LogP contribution >= 0.6 is 38.5 Å². The number of hydrogen-bond acceptors (Lipinski definition) is 1. The molecule has 1 nitrogen and oxygen atoms in total. The van der Waals surface area contributed by atoms with Crippen LogP contribution in [0.3, 0.4) is 0 Å². The molecule has 0 saturated heterocycles. The van der Waals surface area contributed by atoms with Crippen LogP contribution in [0.25, 0.3) is 0 Å². The van der Waals surface area contributed by atoms with Crippen LogP contribution in [0.1, 0.15) is 57.6 Å². The van der Waals surface area contributed by atoms with Crippen LogP contribution in [0.2, 0.25) is 0 Å². The van der Waals surface area contributed by atoms with Crippen LogP contribution in [-0.2, 0) is 0 Å². The van der Waals surface area contributed by atoms with Crippen molar-refractivity contribution in [3.8, 4) is 0 Å². The van der Waals surface area contributed by atoms with Gasteiger partial charge < -0.3 is 5.32 Å². The summed E-state index contributed by atoms with van der Waals surface area (Å²) in [5.74, 6) is 1.67. The minimum atomic E-state index is 0.509. The Kier molecular flexibility index (Phi) is 6.82. The van der Waals surface area contributed by atoms with Crippen molar-refractivity contribution in [2.45, 2.75) is 52.0 Å². The molecular formula is C17H25BrIN. The first kappa shape index (κ1) is 16.8. The van der Waals surface area contributed by atoms with E-state index in [1.54, 1.807) is 0 Å². The van der Waals surface area contributed by atoms with Crippen molar-refractivity contribution in [1.82, 2.24) is 5.32 Å². The number of rotatable bonds is 5. The number of hydrogen-bond donors (Lipinski definition) is 1. The maximum Gasteiger partial charge on any atom is 0.0362 e. The molecule has 3 unspecified atom stereocenters. The molecule has 3 heteroatoms. The molecule has 112 valence electrons. The third-order valence-corrected chi connectivity index (χ3v) is 6.11. The summed E-state index contributed by atoms with van der Waals surface area (Å²) >= 11 is 6.13. The van der Waals surface area contributed by atoms with Gasteiger partial charge in [-0.3, -0.25) is 0 Å². The van der Waals surface area contributed by atoms with Gasteiger partial charge in [0.2, 0.25) is 0 Å². The van der Waals surface area contributed by atoms with Crippen molar-refractivity contribution in [3.05, 3.63) is 31.8 Å². The number of nitrogens with one attached hydrogen (secondary N) is 1. The normalized spacial score (nSPS) is 24.6. The van der Waals surface area contributed by atoms with Gasteiger partial charge in [0.05, 0.1) is 0 Å². The van der Waals surface area contributed by atoms with Gasteiger partial charge in [0.25, 0.3) is 0 Å². The van der Waals surface area contributed by atoms with E-state index in [4.69, 9.17) is 0 Å². The minimum Gasteiger partial charge on any atom is -0.310 e.